The Kier molecular flexibility index (Phi) is 4.52. The van der Waals surface area contributed by atoms with Gasteiger partial charge in [-0.3, -0.25) is 0 Å². The second-order valence-electron chi connectivity index (χ2n) is 5.09. The minimum atomic E-state index is -3.77. The molecule has 9 heteroatoms. The first kappa shape index (κ1) is 16.2. The summed E-state index contributed by atoms with van der Waals surface area (Å²) in [5.74, 6) is -0.200. The average Bonchev–Trinajstić information content (AvgIpc) is 2.47. The second-order valence-corrected chi connectivity index (χ2v) is 9.49. The quantitative estimate of drug-likeness (QED) is 0.590. The summed E-state index contributed by atoms with van der Waals surface area (Å²) in [5.41, 5.74) is 0. The summed E-state index contributed by atoms with van der Waals surface area (Å²) in [6.07, 6.45) is 3.68. The Labute approximate surface area is 124 Å². The van der Waals surface area contributed by atoms with Crippen molar-refractivity contribution in [3.05, 3.63) is 17.3 Å². The molecule has 0 bridgehead atoms. The summed E-state index contributed by atoms with van der Waals surface area (Å²) in [6.45, 7) is 1.43. The highest BCUT2D eigenvalue weighted by atomic mass is 32.2. The molecule has 2 rings (SSSR count). The van der Waals surface area contributed by atoms with Crippen LogP contribution < -0.4 is 4.85 Å². The average molecular weight is 334 g/mol. The second kappa shape index (κ2) is 5.88. The van der Waals surface area contributed by atoms with Gasteiger partial charge in [-0.1, -0.05) is 26.2 Å². The summed E-state index contributed by atoms with van der Waals surface area (Å²) in [7, 11) is -7.40. The van der Waals surface area contributed by atoms with Gasteiger partial charge in [-0.2, -0.15) is 0 Å². The van der Waals surface area contributed by atoms with Crippen molar-refractivity contribution in [2.45, 2.75) is 54.3 Å². The molecule has 7 nitrogen and oxygen atoms in total. The fraction of sp³-hybridized carbons (Fsp3) is 0.667. The summed E-state index contributed by atoms with van der Waals surface area (Å²) in [6, 6.07) is 2.13. The molecule has 0 N–H and O–H groups in total. The Morgan fingerprint density at radius 2 is 1.81 bits per heavy atom. The van der Waals surface area contributed by atoms with Crippen LogP contribution in [0.5, 0.6) is 0 Å². The zero-order valence-corrected chi connectivity index (χ0v) is 13.4. The lowest BCUT2D eigenvalue weighted by Crippen LogP contribution is -2.42. The summed E-state index contributed by atoms with van der Waals surface area (Å²) in [5, 5.41) is 13.8. The van der Waals surface area contributed by atoms with E-state index in [1.807, 2.05) is 0 Å². The Bertz CT molecular complexity index is 722. The number of nitrogens with zero attached hydrogens (tertiary/aromatic N) is 2. The third-order valence-electron chi connectivity index (χ3n) is 3.73. The van der Waals surface area contributed by atoms with Crippen LogP contribution in [0.1, 0.15) is 39.0 Å². The van der Waals surface area contributed by atoms with E-state index < -0.39 is 35.0 Å². The number of hydrogen-bond donors (Lipinski definition) is 0. The Hall–Kier alpha value is -1.22. The van der Waals surface area contributed by atoms with Gasteiger partial charge in [-0.15, -0.1) is 0 Å². The first-order valence-electron chi connectivity index (χ1n) is 6.86. The van der Waals surface area contributed by atoms with E-state index >= 15 is 0 Å². The van der Waals surface area contributed by atoms with E-state index in [4.69, 9.17) is 0 Å². The molecule has 0 spiro atoms. The molecule has 0 aliphatic heterocycles. The van der Waals surface area contributed by atoms with E-state index in [-0.39, 0.29) is 10.6 Å². The molecular formula is C12H18N2O5S2. The SMILES string of the molecule is CCS(=O)(=O)c1ccc(S(=O)(=O)C2CCCCC2)[n+]([O-])n1. The lowest BCUT2D eigenvalue weighted by molar-refractivity contribution is -0.711. The van der Waals surface area contributed by atoms with E-state index in [0.717, 1.165) is 31.4 Å². The third-order valence-corrected chi connectivity index (χ3v) is 7.57. The van der Waals surface area contributed by atoms with Gasteiger partial charge in [-0.05, 0) is 23.8 Å². The summed E-state index contributed by atoms with van der Waals surface area (Å²) < 4.78 is 48.2. The van der Waals surface area contributed by atoms with Crippen LogP contribution in [0.3, 0.4) is 0 Å². The van der Waals surface area contributed by atoms with E-state index in [2.05, 4.69) is 5.10 Å². The van der Waals surface area contributed by atoms with Crippen molar-refractivity contribution in [3.8, 4) is 0 Å². The zero-order valence-electron chi connectivity index (χ0n) is 11.7. The molecule has 21 heavy (non-hydrogen) atoms. The molecule has 1 aromatic heterocycles. The Balaban J connectivity index is 2.41. The van der Waals surface area contributed by atoms with Crippen LogP contribution in [-0.4, -0.2) is 32.9 Å². The van der Waals surface area contributed by atoms with Gasteiger partial charge < -0.3 is 5.21 Å². The minimum Gasteiger partial charge on any atom is -0.593 e. The van der Waals surface area contributed by atoms with Gasteiger partial charge in [0.25, 0.3) is 0 Å². The number of sulfone groups is 2. The van der Waals surface area contributed by atoms with Gasteiger partial charge in [0.15, 0.2) is 0 Å². The van der Waals surface area contributed by atoms with Crippen LogP contribution >= 0.6 is 0 Å². The minimum absolute atomic E-state index is 0.0769. The normalized spacial score (nSPS) is 17.8. The maximum absolute atomic E-state index is 12.4. The third kappa shape index (κ3) is 3.18. The molecule has 0 amide bonds. The molecule has 0 saturated heterocycles. The van der Waals surface area contributed by atoms with Crippen LogP contribution in [0.4, 0.5) is 0 Å². The zero-order chi connectivity index (χ0) is 15.7. The monoisotopic (exact) mass is 334 g/mol. The smallest absolute Gasteiger partial charge is 0.335 e. The van der Waals surface area contributed by atoms with Crippen molar-refractivity contribution in [3.63, 3.8) is 0 Å². The lowest BCUT2D eigenvalue weighted by Gasteiger charge is -2.20. The van der Waals surface area contributed by atoms with Gasteiger partial charge in [0.05, 0.1) is 11.0 Å². The van der Waals surface area contributed by atoms with E-state index in [9.17, 15) is 22.0 Å². The van der Waals surface area contributed by atoms with Gasteiger partial charge in [0.2, 0.25) is 24.7 Å². The Morgan fingerprint density at radius 3 is 2.33 bits per heavy atom. The van der Waals surface area contributed by atoms with Gasteiger partial charge >= 0.3 is 5.03 Å². The molecule has 118 valence electrons. The highest BCUT2D eigenvalue weighted by molar-refractivity contribution is 7.92. The maximum Gasteiger partial charge on any atom is 0.335 e. The van der Waals surface area contributed by atoms with Crippen molar-refractivity contribution in [2.75, 3.05) is 5.75 Å². The summed E-state index contributed by atoms with van der Waals surface area (Å²) in [4.78, 5) is -0.0769. The molecule has 1 fully saturated rings. The van der Waals surface area contributed by atoms with Gasteiger partial charge in [-0.25, -0.2) is 16.8 Å². The molecule has 1 aliphatic carbocycles. The topological polar surface area (TPSA) is 108 Å². The van der Waals surface area contributed by atoms with Crippen molar-refractivity contribution < 1.29 is 21.7 Å². The fourth-order valence-electron chi connectivity index (χ4n) is 2.44. The first-order valence-corrected chi connectivity index (χ1v) is 10.1. The predicted molar refractivity (Wildman–Crippen MR) is 75.0 cm³/mol. The van der Waals surface area contributed by atoms with Crippen LogP contribution in [0.2, 0.25) is 0 Å². The molecule has 1 saturated carbocycles. The van der Waals surface area contributed by atoms with Crippen molar-refractivity contribution >= 4 is 19.7 Å². The molecular weight excluding hydrogens is 316 g/mol. The first-order chi connectivity index (χ1) is 9.79. The molecule has 1 aliphatic rings. The van der Waals surface area contributed by atoms with Crippen molar-refractivity contribution in [2.24, 2.45) is 0 Å². The number of aromatic nitrogens is 2. The van der Waals surface area contributed by atoms with Crippen LogP contribution in [0.25, 0.3) is 0 Å². The highest BCUT2D eigenvalue weighted by Gasteiger charge is 2.36. The highest BCUT2D eigenvalue weighted by Crippen LogP contribution is 2.27. The predicted octanol–water partition coefficient (Wildman–Crippen LogP) is 0.615. The van der Waals surface area contributed by atoms with E-state index in [0.29, 0.717) is 12.8 Å². The Morgan fingerprint density at radius 1 is 1.19 bits per heavy atom. The number of rotatable bonds is 4. The van der Waals surface area contributed by atoms with E-state index in [1.165, 1.54) is 6.92 Å². The molecule has 0 atom stereocenters. The maximum atomic E-state index is 12.4. The van der Waals surface area contributed by atoms with Crippen molar-refractivity contribution in [1.82, 2.24) is 5.10 Å². The van der Waals surface area contributed by atoms with Gasteiger partial charge in [0, 0.05) is 11.2 Å². The van der Waals surface area contributed by atoms with E-state index in [1.54, 1.807) is 0 Å². The standard InChI is InChI=1S/C12H18N2O5S2/c1-2-20(16,17)11-8-9-12(14(15)13-11)21(18,19)10-6-4-3-5-7-10/h8-10H,2-7H2,1H3. The van der Waals surface area contributed by atoms with Crippen LogP contribution in [-0.2, 0) is 19.7 Å². The fourth-order valence-corrected chi connectivity index (χ4v) is 5.02. The number of hydrogen-bond acceptors (Lipinski definition) is 6. The largest absolute Gasteiger partial charge is 0.593 e. The molecule has 1 aromatic rings. The van der Waals surface area contributed by atoms with Crippen molar-refractivity contribution in [1.29, 1.82) is 0 Å². The summed E-state index contributed by atoms with van der Waals surface area (Å²) >= 11 is 0. The molecule has 0 radical (unpaired) electrons. The molecule has 1 heterocycles. The van der Waals surface area contributed by atoms with Crippen LogP contribution in [0.15, 0.2) is 22.2 Å². The molecule has 0 unspecified atom stereocenters. The lowest BCUT2D eigenvalue weighted by atomic mass is 10.0. The van der Waals surface area contributed by atoms with Gasteiger partial charge in [0.1, 0.15) is 0 Å². The van der Waals surface area contributed by atoms with Crippen LogP contribution in [0, 0.1) is 5.21 Å². The molecule has 0 aromatic carbocycles.